The SMILES string of the molecule is CN1CCN(c2cncc3[nH]c(-c4n[nH]c5ccc(C6=CN=C[C@@H](NC(=O)C7CC7)C6)cc45)nc23)CC1. The molecule has 2 fully saturated rings. The number of rotatable bonds is 5. The Morgan fingerprint density at radius 3 is 2.81 bits per heavy atom. The maximum atomic E-state index is 12.2. The number of imidazole rings is 1. The van der Waals surface area contributed by atoms with Crippen molar-refractivity contribution < 1.29 is 4.79 Å². The Morgan fingerprint density at radius 2 is 1.97 bits per heavy atom. The highest BCUT2D eigenvalue weighted by Crippen LogP contribution is 2.33. The predicted molar refractivity (Wildman–Crippen MR) is 144 cm³/mol. The number of benzene rings is 1. The van der Waals surface area contributed by atoms with Gasteiger partial charge in [-0.05, 0) is 49.6 Å². The van der Waals surface area contributed by atoms with Gasteiger partial charge in [-0.25, -0.2) is 4.98 Å². The second kappa shape index (κ2) is 8.81. The Bertz CT molecular complexity index is 1550. The summed E-state index contributed by atoms with van der Waals surface area (Å²) < 4.78 is 0. The van der Waals surface area contributed by atoms with Gasteiger partial charge in [0.25, 0.3) is 0 Å². The highest BCUT2D eigenvalue weighted by molar-refractivity contribution is 5.97. The van der Waals surface area contributed by atoms with Gasteiger partial charge in [0, 0.05) is 49.9 Å². The molecule has 4 aromatic rings. The fraction of sp³-hybridized carbons (Fsp3) is 0.370. The number of hydrogen-bond donors (Lipinski definition) is 3. The van der Waals surface area contributed by atoms with Gasteiger partial charge in [0.05, 0.1) is 35.2 Å². The average molecular weight is 496 g/mol. The van der Waals surface area contributed by atoms with Crippen LogP contribution in [0.1, 0.15) is 24.8 Å². The van der Waals surface area contributed by atoms with Crippen molar-refractivity contribution in [1.82, 2.24) is 35.4 Å². The number of carbonyl (C=O) groups excluding carboxylic acids is 1. The number of amides is 1. The first kappa shape index (κ1) is 22.2. The first-order valence-electron chi connectivity index (χ1n) is 12.9. The lowest BCUT2D eigenvalue weighted by molar-refractivity contribution is -0.122. The molecule has 0 spiro atoms. The number of pyridine rings is 1. The van der Waals surface area contributed by atoms with Crippen molar-refractivity contribution in [3.05, 3.63) is 42.4 Å². The third kappa shape index (κ3) is 4.17. The number of anilines is 1. The molecular formula is C27H29N9O. The minimum Gasteiger partial charge on any atom is -0.366 e. The third-order valence-electron chi connectivity index (χ3n) is 7.59. The number of nitrogens with one attached hydrogen (secondary N) is 3. The van der Waals surface area contributed by atoms with E-state index in [4.69, 9.17) is 4.98 Å². The lowest BCUT2D eigenvalue weighted by Crippen LogP contribution is -2.44. The lowest BCUT2D eigenvalue weighted by atomic mass is 9.96. The van der Waals surface area contributed by atoms with E-state index in [1.54, 1.807) is 0 Å². The number of H-pyrrole nitrogens is 2. The summed E-state index contributed by atoms with van der Waals surface area (Å²) >= 11 is 0. The van der Waals surface area contributed by atoms with Crippen LogP contribution >= 0.6 is 0 Å². The van der Waals surface area contributed by atoms with Gasteiger partial charge in [0.1, 0.15) is 11.2 Å². The first-order chi connectivity index (χ1) is 18.1. The van der Waals surface area contributed by atoms with Crippen LogP contribution < -0.4 is 10.2 Å². The summed E-state index contributed by atoms with van der Waals surface area (Å²) in [7, 11) is 2.15. The topological polar surface area (TPSA) is 118 Å². The molecule has 0 unspecified atom stereocenters. The number of aromatic amines is 2. The van der Waals surface area contributed by atoms with Crippen LogP contribution in [0.2, 0.25) is 0 Å². The van der Waals surface area contributed by atoms with Crippen molar-refractivity contribution >= 4 is 45.3 Å². The number of aliphatic imine (C=N–C) groups is 1. The number of nitrogens with zero attached hydrogens (tertiary/aromatic N) is 6. The van der Waals surface area contributed by atoms with Crippen molar-refractivity contribution in [1.29, 1.82) is 0 Å². The monoisotopic (exact) mass is 495 g/mol. The van der Waals surface area contributed by atoms with Crippen molar-refractivity contribution in [3.63, 3.8) is 0 Å². The minimum atomic E-state index is -0.0801. The largest absolute Gasteiger partial charge is 0.366 e. The van der Waals surface area contributed by atoms with Crippen LogP contribution in [0, 0.1) is 5.92 Å². The van der Waals surface area contributed by atoms with Crippen LogP contribution in [0.3, 0.4) is 0 Å². The van der Waals surface area contributed by atoms with Crippen LogP contribution in [-0.4, -0.2) is 81.4 Å². The fourth-order valence-electron chi connectivity index (χ4n) is 5.21. The second-order valence-electron chi connectivity index (χ2n) is 10.3. The molecule has 10 heteroatoms. The molecule has 5 heterocycles. The van der Waals surface area contributed by atoms with E-state index in [1.807, 2.05) is 30.9 Å². The molecule has 10 nitrogen and oxygen atoms in total. The lowest BCUT2D eigenvalue weighted by Gasteiger charge is -2.33. The molecule has 1 atom stereocenters. The highest BCUT2D eigenvalue weighted by atomic mass is 16.2. The predicted octanol–water partition coefficient (Wildman–Crippen LogP) is 2.96. The summed E-state index contributed by atoms with van der Waals surface area (Å²) in [6.07, 6.45) is 10.1. The average Bonchev–Trinajstić information content (AvgIpc) is 3.55. The maximum Gasteiger partial charge on any atom is 0.223 e. The maximum absolute atomic E-state index is 12.2. The molecule has 2 aliphatic heterocycles. The molecule has 0 bridgehead atoms. The minimum absolute atomic E-state index is 0.0801. The fourth-order valence-corrected chi connectivity index (χ4v) is 5.21. The molecule has 1 aromatic carbocycles. The zero-order valence-corrected chi connectivity index (χ0v) is 20.7. The molecular weight excluding hydrogens is 466 g/mol. The molecule has 3 aromatic heterocycles. The van der Waals surface area contributed by atoms with Gasteiger partial charge in [-0.1, -0.05) is 6.07 Å². The number of aromatic nitrogens is 5. The van der Waals surface area contributed by atoms with E-state index in [-0.39, 0.29) is 17.9 Å². The zero-order chi connectivity index (χ0) is 24.9. The standard InChI is InChI=1S/C27H29N9O/c1-35-6-8-36(9-7-35)23-15-29-14-22-25(23)32-26(31-22)24-20-11-17(4-5-21(20)33-34-24)18-10-19(13-28-12-18)30-27(37)16-2-3-16/h4-5,11-16,19H,2-3,6-10H2,1H3,(H,30,37)(H,31,32)(H,33,34)/t19-/m0/s1. The third-order valence-corrected chi connectivity index (χ3v) is 7.59. The Balaban J connectivity index is 1.20. The van der Waals surface area contributed by atoms with Crippen LogP contribution in [0.4, 0.5) is 5.69 Å². The number of fused-ring (bicyclic) bond motifs is 2. The van der Waals surface area contributed by atoms with Crippen molar-refractivity contribution in [2.45, 2.75) is 25.3 Å². The Hall–Kier alpha value is -4.05. The molecule has 37 heavy (non-hydrogen) atoms. The van der Waals surface area contributed by atoms with E-state index in [0.717, 1.165) is 83.5 Å². The van der Waals surface area contributed by atoms with E-state index < -0.39 is 0 Å². The van der Waals surface area contributed by atoms with E-state index in [1.165, 1.54) is 0 Å². The summed E-state index contributed by atoms with van der Waals surface area (Å²) in [5.74, 6) is 1.04. The van der Waals surface area contributed by atoms with E-state index in [2.05, 4.69) is 59.5 Å². The summed E-state index contributed by atoms with van der Waals surface area (Å²) in [4.78, 5) is 34.3. The van der Waals surface area contributed by atoms with Crippen LogP contribution in [0.25, 0.3) is 39.0 Å². The van der Waals surface area contributed by atoms with Crippen LogP contribution in [0.5, 0.6) is 0 Å². The highest BCUT2D eigenvalue weighted by Gasteiger charge is 2.31. The Morgan fingerprint density at radius 1 is 1.11 bits per heavy atom. The van der Waals surface area contributed by atoms with Gasteiger partial charge in [-0.3, -0.25) is 19.9 Å². The van der Waals surface area contributed by atoms with E-state index in [0.29, 0.717) is 12.2 Å². The Labute approximate surface area is 213 Å². The van der Waals surface area contributed by atoms with Crippen LogP contribution in [-0.2, 0) is 4.79 Å². The summed E-state index contributed by atoms with van der Waals surface area (Å²) in [5, 5.41) is 11.9. The second-order valence-corrected chi connectivity index (χ2v) is 10.3. The number of carbonyl (C=O) groups is 1. The molecule has 1 saturated heterocycles. The van der Waals surface area contributed by atoms with Gasteiger partial charge in [-0.2, -0.15) is 5.10 Å². The molecule has 0 radical (unpaired) electrons. The normalized spacial score (nSPS) is 20.5. The molecule has 188 valence electrons. The number of piperazine rings is 1. The number of likely N-dealkylation sites (N-methyl/N-ethyl adjacent to an activating group) is 1. The molecule has 7 rings (SSSR count). The molecule has 1 saturated carbocycles. The molecule has 3 aliphatic rings. The number of hydrogen-bond acceptors (Lipinski definition) is 7. The van der Waals surface area contributed by atoms with Gasteiger partial charge in [0.15, 0.2) is 5.82 Å². The molecule has 3 N–H and O–H groups in total. The van der Waals surface area contributed by atoms with Gasteiger partial charge >= 0.3 is 0 Å². The van der Waals surface area contributed by atoms with E-state index in [9.17, 15) is 4.79 Å². The molecule has 1 aliphatic carbocycles. The summed E-state index contributed by atoms with van der Waals surface area (Å²) in [6, 6.07) is 6.17. The van der Waals surface area contributed by atoms with E-state index >= 15 is 0 Å². The van der Waals surface area contributed by atoms with Crippen LogP contribution in [0.15, 0.2) is 41.8 Å². The molecule has 1 amide bonds. The van der Waals surface area contributed by atoms with Gasteiger partial charge < -0.3 is 20.1 Å². The van der Waals surface area contributed by atoms with Gasteiger partial charge in [0.2, 0.25) is 5.91 Å². The summed E-state index contributed by atoms with van der Waals surface area (Å²) in [6.45, 7) is 3.94. The van der Waals surface area contributed by atoms with Gasteiger partial charge in [-0.15, -0.1) is 0 Å². The first-order valence-corrected chi connectivity index (χ1v) is 12.9. The Kier molecular flexibility index (Phi) is 5.28. The zero-order valence-electron chi connectivity index (χ0n) is 20.7. The van der Waals surface area contributed by atoms with Crippen molar-refractivity contribution in [2.24, 2.45) is 10.9 Å². The quantitative estimate of drug-likeness (QED) is 0.392. The smallest absolute Gasteiger partial charge is 0.223 e. The van der Waals surface area contributed by atoms with Crippen molar-refractivity contribution in [2.75, 3.05) is 38.1 Å². The summed E-state index contributed by atoms with van der Waals surface area (Å²) in [5.41, 5.74) is 6.74. The van der Waals surface area contributed by atoms with Crippen molar-refractivity contribution in [3.8, 4) is 11.5 Å².